The number of aromatic hydroxyl groups is 1. The third-order valence-corrected chi connectivity index (χ3v) is 6.38. The molecule has 10 heteroatoms. The van der Waals surface area contributed by atoms with Gasteiger partial charge in [0.1, 0.15) is 5.60 Å². The summed E-state index contributed by atoms with van der Waals surface area (Å²) in [7, 11) is 2.01. The number of nitrogens with zero attached hydrogens (tertiary/aromatic N) is 1. The molecule has 7 nitrogen and oxygen atoms in total. The fraction of sp³-hybridized carbons (Fsp3) is 0.474. The van der Waals surface area contributed by atoms with Crippen molar-refractivity contribution in [3.63, 3.8) is 0 Å². The molecule has 2 heterocycles. The zero-order valence-corrected chi connectivity index (χ0v) is 15.2. The third-order valence-electron chi connectivity index (χ3n) is 6.38. The molecule has 1 fully saturated rings. The average Bonchev–Trinajstić information content (AvgIpc) is 2.99. The van der Waals surface area contributed by atoms with Crippen LogP contribution in [0.3, 0.4) is 0 Å². The summed E-state index contributed by atoms with van der Waals surface area (Å²) < 4.78 is 37.6. The summed E-state index contributed by atoms with van der Waals surface area (Å²) in [5, 5.41) is 28.9. The van der Waals surface area contributed by atoms with Crippen LogP contribution in [0.1, 0.15) is 17.5 Å². The molecule has 29 heavy (non-hydrogen) atoms. The number of hydrogen-bond donors (Lipinski definition) is 3. The molecule has 5 rings (SSSR count). The van der Waals surface area contributed by atoms with Crippen LogP contribution in [0.5, 0.6) is 11.5 Å². The lowest BCUT2D eigenvalue weighted by Gasteiger charge is -2.60. The van der Waals surface area contributed by atoms with E-state index in [0.29, 0.717) is 18.6 Å². The normalized spacial score (nSPS) is 34.0. The Kier molecular flexibility index (Phi) is 4.05. The van der Waals surface area contributed by atoms with Crippen molar-refractivity contribution >= 4 is 11.8 Å². The number of carbonyl (C=O) groups is 2. The first kappa shape index (κ1) is 19.7. The predicted octanol–water partition coefficient (Wildman–Crippen LogP) is 1.15. The maximum Gasteiger partial charge on any atom is 0.490 e. The van der Waals surface area contributed by atoms with Gasteiger partial charge in [-0.25, -0.2) is 4.79 Å². The van der Waals surface area contributed by atoms with Gasteiger partial charge in [-0.2, -0.15) is 13.2 Å². The maximum absolute atomic E-state index is 12.4. The molecule has 0 saturated carbocycles. The van der Waals surface area contributed by atoms with Crippen molar-refractivity contribution in [3.05, 3.63) is 35.4 Å². The number of aliphatic hydroxyl groups is 1. The minimum absolute atomic E-state index is 0.0510. The molecule has 0 amide bonds. The van der Waals surface area contributed by atoms with Gasteiger partial charge in [-0.3, -0.25) is 9.69 Å². The molecule has 0 radical (unpaired) electrons. The molecule has 2 aliphatic heterocycles. The van der Waals surface area contributed by atoms with Crippen molar-refractivity contribution < 1.29 is 42.8 Å². The van der Waals surface area contributed by atoms with E-state index in [2.05, 4.69) is 4.90 Å². The molecule has 1 aromatic carbocycles. The zero-order valence-electron chi connectivity index (χ0n) is 15.2. The summed E-state index contributed by atoms with van der Waals surface area (Å²) in [6.45, 7) is 0.794. The van der Waals surface area contributed by atoms with E-state index < -0.39 is 29.3 Å². The van der Waals surface area contributed by atoms with E-state index >= 15 is 0 Å². The van der Waals surface area contributed by atoms with Crippen molar-refractivity contribution in [2.75, 3.05) is 13.6 Å². The number of ether oxygens (including phenoxy) is 1. The Bertz CT molecular complexity index is 945. The second-order valence-corrected chi connectivity index (χ2v) is 7.73. The Morgan fingerprint density at radius 3 is 2.62 bits per heavy atom. The van der Waals surface area contributed by atoms with Gasteiger partial charge in [0, 0.05) is 11.6 Å². The van der Waals surface area contributed by atoms with Crippen LogP contribution in [0.2, 0.25) is 0 Å². The lowest BCUT2D eigenvalue weighted by atomic mass is 9.51. The number of likely N-dealkylation sites (tertiary alicyclic amines) is 1. The van der Waals surface area contributed by atoms with Gasteiger partial charge >= 0.3 is 12.1 Å². The number of rotatable bonds is 0. The molecule has 4 aliphatic rings. The highest BCUT2D eigenvalue weighted by Crippen LogP contribution is 2.63. The van der Waals surface area contributed by atoms with Crippen molar-refractivity contribution in [3.8, 4) is 11.5 Å². The van der Waals surface area contributed by atoms with Crippen LogP contribution < -0.4 is 4.74 Å². The van der Waals surface area contributed by atoms with Crippen LogP contribution in [0.15, 0.2) is 24.3 Å². The molecule has 1 spiro atoms. The first-order valence-corrected chi connectivity index (χ1v) is 8.91. The largest absolute Gasteiger partial charge is 0.504 e. The van der Waals surface area contributed by atoms with E-state index in [1.165, 1.54) is 6.08 Å². The molecule has 4 atom stereocenters. The zero-order chi connectivity index (χ0) is 21.4. The molecular weight excluding hydrogens is 395 g/mol. The highest BCUT2D eigenvalue weighted by Gasteiger charge is 2.71. The molecule has 1 saturated heterocycles. The average molecular weight is 413 g/mol. The van der Waals surface area contributed by atoms with Gasteiger partial charge < -0.3 is 20.1 Å². The number of ketones is 1. The SMILES string of the molecule is CN1CC[C@]23c4c5ccc(O)c4O[C@H]2C(=O)C=C[C@@]3(O)[C@H]1C5.O=C(O)C(F)(F)F. The lowest BCUT2D eigenvalue weighted by Crippen LogP contribution is -2.74. The second-order valence-electron chi connectivity index (χ2n) is 7.73. The van der Waals surface area contributed by atoms with Crippen molar-refractivity contribution in [2.45, 2.75) is 42.2 Å². The number of carboxylic acid groups (broad SMARTS) is 1. The van der Waals surface area contributed by atoms with Crippen LogP contribution in [0.4, 0.5) is 13.2 Å². The number of benzene rings is 1. The number of halogens is 3. The number of carbonyl (C=O) groups excluding carboxylic acids is 1. The van der Waals surface area contributed by atoms with E-state index in [9.17, 15) is 28.2 Å². The molecule has 156 valence electrons. The van der Waals surface area contributed by atoms with E-state index in [1.54, 1.807) is 12.1 Å². The highest BCUT2D eigenvalue weighted by molar-refractivity contribution is 5.99. The first-order valence-electron chi connectivity index (χ1n) is 8.91. The topological polar surface area (TPSA) is 107 Å². The Labute approximate surface area is 163 Å². The number of likely N-dealkylation sites (N-methyl/N-ethyl adjacent to an activating group) is 1. The smallest absolute Gasteiger partial charge is 0.490 e. The number of aliphatic carboxylic acids is 1. The van der Waals surface area contributed by atoms with Crippen LogP contribution in [-0.4, -0.2) is 69.5 Å². The summed E-state index contributed by atoms with van der Waals surface area (Å²) in [5.74, 6) is -2.44. The number of piperidine rings is 1. The second kappa shape index (κ2) is 5.96. The summed E-state index contributed by atoms with van der Waals surface area (Å²) in [6, 6.07) is 3.44. The Morgan fingerprint density at radius 1 is 1.34 bits per heavy atom. The summed E-state index contributed by atoms with van der Waals surface area (Å²) in [5.41, 5.74) is 0.0177. The van der Waals surface area contributed by atoms with Crippen molar-refractivity contribution in [2.24, 2.45) is 0 Å². The van der Waals surface area contributed by atoms with E-state index in [0.717, 1.165) is 17.7 Å². The maximum atomic E-state index is 12.4. The van der Waals surface area contributed by atoms with E-state index in [1.807, 2.05) is 13.1 Å². The van der Waals surface area contributed by atoms with Crippen LogP contribution in [-0.2, 0) is 21.4 Å². The van der Waals surface area contributed by atoms with E-state index in [4.69, 9.17) is 14.6 Å². The Morgan fingerprint density at radius 2 is 2.00 bits per heavy atom. The summed E-state index contributed by atoms with van der Waals surface area (Å²) in [4.78, 5) is 23.5. The third kappa shape index (κ3) is 2.45. The molecule has 2 aliphatic carbocycles. The fourth-order valence-corrected chi connectivity index (χ4v) is 5.13. The van der Waals surface area contributed by atoms with Gasteiger partial charge in [0.05, 0.1) is 5.41 Å². The quantitative estimate of drug-likeness (QED) is 0.586. The summed E-state index contributed by atoms with van der Waals surface area (Å²) >= 11 is 0. The molecular formula is C19H18F3NO6. The summed E-state index contributed by atoms with van der Waals surface area (Å²) in [6.07, 6.45) is -1.38. The Balaban J connectivity index is 0.000000255. The van der Waals surface area contributed by atoms with Crippen molar-refractivity contribution in [1.82, 2.24) is 4.90 Å². The van der Waals surface area contributed by atoms with E-state index in [-0.39, 0.29) is 17.6 Å². The highest BCUT2D eigenvalue weighted by atomic mass is 19.4. The molecule has 0 aromatic heterocycles. The minimum atomic E-state index is -5.08. The molecule has 2 bridgehead atoms. The van der Waals surface area contributed by atoms with Gasteiger partial charge in [-0.05, 0) is 50.2 Å². The van der Waals surface area contributed by atoms with Gasteiger partial charge in [-0.1, -0.05) is 6.07 Å². The number of phenols is 1. The Hall–Kier alpha value is -2.59. The van der Waals surface area contributed by atoms with Crippen LogP contribution >= 0.6 is 0 Å². The lowest BCUT2D eigenvalue weighted by molar-refractivity contribution is -0.192. The van der Waals surface area contributed by atoms with Crippen LogP contribution in [0, 0.1) is 0 Å². The van der Waals surface area contributed by atoms with Gasteiger partial charge in [0.2, 0.25) is 0 Å². The number of phenolic OH excluding ortho intramolecular Hbond substituents is 1. The number of alkyl halides is 3. The molecule has 1 aromatic rings. The first-order chi connectivity index (χ1) is 13.4. The fourth-order valence-electron chi connectivity index (χ4n) is 5.13. The number of carboxylic acids is 1. The molecule has 3 N–H and O–H groups in total. The number of hydrogen-bond acceptors (Lipinski definition) is 6. The predicted molar refractivity (Wildman–Crippen MR) is 91.7 cm³/mol. The standard InChI is InChI=1S/C17H17NO4.C2HF3O2/c1-18-7-6-16-13-9-2-3-10(19)14(13)22-15(16)11(20)4-5-17(16,21)12(18)8-9;3-2(4,5)1(6)7/h2-5,12,15,19,21H,6-8H2,1H3;(H,6,7)/t12-,15+,16+,17-;/m1./s1. The van der Waals surface area contributed by atoms with Gasteiger partial charge in [0.25, 0.3) is 0 Å². The van der Waals surface area contributed by atoms with Crippen molar-refractivity contribution in [1.29, 1.82) is 0 Å². The molecule has 0 unspecified atom stereocenters. The minimum Gasteiger partial charge on any atom is -0.504 e. The van der Waals surface area contributed by atoms with Crippen LogP contribution in [0.25, 0.3) is 0 Å². The van der Waals surface area contributed by atoms with Gasteiger partial charge in [-0.15, -0.1) is 0 Å². The van der Waals surface area contributed by atoms with Gasteiger partial charge in [0.15, 0.2) is 23.4 Å². The monoisotopic (exact) mass is 413 g/mol.